The van der Waals surface area contributed by atoms with Crippen LogP contribution in [-0.4, -0.2) is 39.0 Å². The molecule has 0 aromatic rings. The molecule has 0 saturated heterocycles. The van der Waals surface area contributed by atoms with E-state index in [0.29, 0.717) is 6.08 Å². The molecule has 0 saturated carbocycles. The van der Waals surface area contributed by atoms with E-state index >= 15 is 0 Å². The van der Waals surface area contributed by atoms with Gasteiger partial charge in [0.2, 0.25) is 10.1 Å². The third-order valence-electron chi connectivity index (χ3n) is 1.77. The number of rotatable bonds is 1. The van der Waals surface area contributed by atoms with Gasteiger partial charge in [0.15, 0.2) is 5.76 Å². The summed E-state index contributed by atoms with van der Waals surface area (Å²) in [5.74, 6) is -5.96. The van der Waals surface area contributed by atoms with E-state index < -0.39 is 27.4 Å². The minimum Gasteiger partial charge on any atom is -0.493 e. The Morgan fingerprint density at radius 3 is 2.29 bits per heavy atom. The van der Waals surface area contributed by atoms with Crippen molar-refractivity contribution in [2.45, 2.75) is 10.1 Å². The number of methoxy groups -OCH3 is 1. The van der Waals surface area contributed by atoms with Crippen LogP contribution in [0.5, 0.6) is 0 Å². The fourth-order valence-corrected chi connectivity index (χ4v) is 1.19. The molecule has 0 aromatic heterocycles. The second-order valence-corrected chi connectivity index (χ2v) is 3.98. The highest BCUT2D eigenvalue weighted by molar-refractivity contribution is 6.62. The van der Waals surface area contributed by atoms with Crippen LogP contribution in [0.3, 0.4) is 0 Å². The Kier molecular flexibility index (Phi) is 2.62. The molecule has 0 aromatic carbocycles. The van der Waals surface area contributed by atoms with Crippen LogP contribution in [0, 0.1) is 0 Å². The molecule has 0 aliphatic heterocycles. The van der Waals surface area contributed by atoms with E-state index in [4.69, 9.17) is 23.2 Å². The standard InChI is InChI=1S/C7H6Cl2O5/c1-14-3-2-4(10)6(8,9)7(12,13)5(3)11/h2,12-13H,1H3. The zero-order valence-corrected chi connectivity index (χ0v) is 8.46. The Hall–Kier alpha value is -0.620. The number of ether oxygens (including phenoxy) is 1. The lowest BCUT2D eigenvalue weighted by Crippen LogP contribution is -2.59. The lowest BCUT2D eigenvalue weighted by Gasteiger charge is -2.33. The van der Waals surface area contributed by atoms with E-state index in [-0.39, 0.29) is 0 Å². The van der Waals surface area contributed by atoms with Crippen molar-refractivity contribution in [3.63, 3.8) is 0 Å². The first-order valence-electron chi connectivity index (χ1n) is 3.42. The fourth-order valence-electron chi connectivity index (χ4n) is 0.913. The largest absolute Gasteiger partial charge is 0.493 e. The maximum atomic E-state index is 11.2. The molecular formula is C7H6Cl2O5. The number of ketones is 2. The Morgan fingerprint density at radius 2 is 1.86 bits per heavy atom. The van der Waals surface area contributed by atoms with E-state index in [1.54, 1.807) is 0 Å². The normalized spacial score (nSPS) is 24.5. The number of halogens is 2. The van der Waals surface area contributed by atoms with Crippen LogP contribution < -0.4 is 0 Å². The number of carbonyl (C=O) groups is 2. The third kappa shape index (κ3) is 1.33. The van der Waals surface area contributed by atoms with Gasteiger partial charge in [-0.25, -0.2) is 0 Å². The lowest BCUT2D eigenvalue weighted by molar-refractivity contribution is -0.189. The summed E-state index contributed by atoms with van der Waals surface area (Å²) in [6.45, 7) is 0. The third-order valence-corrected chi connectivity index (χ3v) is 2.67. The molecule has 0 spiro atoms. The maximum absolute atomic E-state index is 11.2. The summed E-state index contributed by atoms with van der Waals surface area (Å²) in [5, 5.41) is 18.5. The van der Waals surface area contributed by atoms with Crippen molar-refractivity contribution in [3.8, 4) is 0 Å². The van der Waals surface area contributed by atoms with Crippen molar-refractivity contribution in [1.82, 2.24) is 0 Å². The zero-order chi connectivity index (χ0) is 11.1. The van der Waals surface area contributed by atoms with Gasteiger partial charge in [0, 0.05) is 6.08 Å². The van der Waals surface area contributed by atoms with Crippen LogP contribution in [0.1, 0.15) is 0 Å². The summed E-state index contributed by atoms with van der Waals surface area (Å²) in [5.41, 5.74) is 0. The quantitative estimate of drug-likeness (QED) is 0.478. The lowest BCUT2D eigenvalue weighted by atomic mass is 9.95. The predicted octanol–water partition coefficient (Wildman–Crippen LogP) is -0.477. The highest BCUT2D eigenvalue weighted by atomic mass is 35.5. The smallest absolute Gasteiger partial charge is 0.274 e. The number of aliphatic hydroxyl groups is 2. The average molecular weight is 241 g/mol. The van der Waals surface area contributed by atoms with Crippen LogP contribution in [0.2, 0.25) is 0 Å². The van der Waals surface area contributed by atoms with Gasteiger partial charge in [0.05, 0.1) is 7.11 Å². The van der Waals surface area contributed by atoms with Gasteiger partial charge in [-0.2, -0.15) is 0 Å². The van der Waals surface area contributed by atoms with Crippen molar-refractivity contribution in [2.24, 2.45) is 0 Å². The molecular weight excluding hydrogens is 235 g/mol. The molecule has 78 valence electrons. The van der Waals surface area contributed by atoms with Gasteiger partial charge < -0.3 is 14.9 Å². The molecule has 0 unspecified atom stereocenters. The van der Waals surface area contributed by atoms with Gasteiger partial charge in [-0.1, -0.05) is 23.2 Å². The molecule has 0 fully saturated rings. The molecule has 0 atom stereocenters. The second-order valence-electron chi connectivity index (χ2n) is 2.65. The highest BCUT2D eigenvalue weighted by Gasteiger charge is 2.61. The van der Waals surface area contributed by atoms with Crippen LogP contribution >= 0.6 is 23.2 Å². The van der Waals surface area contributed by atoms with Gasteiger partial charge in [0.25, 0.3) is 11.6 Å². The van der Waals surface area contributed by atoms with Crippen LogP contribution in [0.15, 0.2) is 11.8 Å². The number of alkyl halides is 2. The van der Waals surface area contributed by atoms with E-state index in [1.165, 1.54) is 0 Å². The molecule has 0 heterocycles. The van der Waals surface area contributed by atoms with Gasteiger partial charge >= 0.3 is 0 Å². The monoisotopic (exact) mass is 240 g/mol. The summed E-state index contributed by atoms with van der Waals surface area (Å²) in [7, 11) is 1.10. The van der Waals surface area contributed by atoms with E-state index in [2.05, 4.69) is 4.74 Å². The summed E-state index contributed by atoms with van der Waals surface area (Å²) >= 11 is 10.7. The van der Waals surface area contributed by atoms with E-state index in [0.717, 1.165) is 7.11 Å². The molecule has 14 heavy (non-hydrogen) atoms. The number of Topliss-reactive ketones (excluding diaryl/α,β-unsaturated/α-hetero) is 1. The van der Waals surface area contributed by atoms with Crippen molar-refractivity contribution in [3.05, 3.63) is 11.8 Å². The van der Waals surface area contributed by atoms with Crippen LogP contribution in [-0.2, 0) is 14.3 Å². The molecule has 5 nitrogen and oxygen atoms in total. The van der Waals surface area contributed by atoms with Crippen molar-refractivity contribution < 1.29 is 24.5 Å². The average Bonchev–Trinajstić information content (AvgIpc) is 2.10. The van der Waals surface area contributed by atoms with Crippen LogP contribution in [0.25, 0.3) is 0 Å². The van der Waals surface area contributed by atoms with Crippen molar-refractivity contribution >= 4 is 34.8 Å². The Labute approximate surface area is 88.9 Å². The zero-order valence-electron chi connectivity index (χ0n) is 6.95. The molecule has 1 aliphatic rings. The molecule has 0 bridgehead atoms. The van der Waals surface area contributed by atoms with Gasteiger partial charge in [-0.15, -0.1) is 0 Å². The number of hydrogen-bond acceptors (Lipinski definition) is 5. The molecule has 0 amide bonds. The SMILES string of the molecule is COC1=CC(=O)C(Cl)(Cl)C(O)(O)C1=O. The highest BCUT2D eigenvalue weighted by Crippen LogP contribution is 2.39. The van der Waals surface area contributed by atoms with E-state index in [9.17, 15) is 19.8 Å². The minimum atomic E-state index is -3.17. The minimum absolute atomic E-state index is 0.503. The topological polar surface area (TPSA) is 83.8 Å². The molecule has 7 heteroatoms. The molecule has 1 rings (SSSR count). The number of carbonyl (C=O) groups excluding carboxylic acids is 2. The van der Waals surface area contributed by atoms with Gasteiger partial charge in [0.1, 0.15) is 0 Å². The Balaban J connectivity index is 3.31. The number of hydrogen-bond donors (Lipinski definition) is 2. The Morgan fingerprint density at radius 1 is 1.36 bits per heavy atom. The number of allylic oxidation sites excluding steroid dienone is 1. The molecule has 0 radical (unpaired) electrons. The predicted molar refractivity (Wildman–Crippen MR) is 46.7 cm³/mol. The summed E-state index contributed by atoms with van der Waals surface area (Å²) in [4.78, 5) is 22.4. The maximum Gasteiger partial charge on any atom is 0.274 e. The Bertz CT molecular complexity index is 331. The van der Waals surface area contributed by atoms with Gasteiger partial charge in [-0.3, -0.25) is 9.59 Å². The summed E-state index contributed by atoms with van der Waals surface area (Å²) in [6.07, 6.45) is 0.715. The van der Waals surface area contributed by atoms with Crippen LogP contribution in [0.4, 0.5) is 0 Å². The van der Waals surface area contributed by atoms with E-state index in [1.807, 2.05) is 0 Å². The summed E-state index contributed by atoms with van der Waals surface area (Å²) in [6, 6.07) is 0. The van der Waals surface area contributed by atoms with Crippen molar-refractivity contribution in [1.29, 1.82) is 0 Å². The fraction of sp³-hybridized carbons (Fsp3) is 0.429. The van der Waals surface area contributed by atoms with Gasteiger partial charge in [-0.05, 0) is 0 Å². The molecule has 2 N–H and O–H groups in total. The second kappa shape index (κ2) is 3.20. The molecule has 1 aliphatic carbocycles. The first-order chi connectivity index (χ1) is 6.25. The summed E-state index contributed by atoms with van der Waals surface area (Å²) < 4.78 is 1.85. The first kappa shape index (κ1) is 11.5. The van der Waals surface area contributed by atoms with Crippen molar-refractivity contribution in [2.75, 3.05) is 7.11 Å². The first-order valence-corrected chi connectivity index (χ1v) is 4.18.